The first-order valence-electron chi connectivity index (χ1n) is 5.15. The van der Waals surface area contributed by atoms with Crippen LogP contribution in [0.5, 0.6) is 0 Å². The maximum atomic E-state index is 10.9. The molecule has 1 saturated heterocycles. The van der Waals surface area contributed by atoms with Gasteiger partial charge in [-0.15, -0.1) is 0 Å². The minimum atomic E-state index is -0.813. The van der Waals surface area contributed by atoms with Crippen molar-refractivity contribution >= 4 is 5.97 Å². The van der Waals surface area contributed by atoms with Crippen LogP contribution in [0.2, 0.25) is 0 Å². The predicted octanol–water partition coefficient (Wildman–Crippen LogP) is 2.00. The summed E-state index contributed by atoms with van der Waals surface area (Å²) in [5.41, 5.74) is 0. The number of carbonyl (C=O) groups is 1. The minimum Gasteiger partial charge on any atom is -0.481 e. The van der Waals surface area contributed by atoms with Crippen LogP contribution in [0.3, 0.4) is 0 Å². The maximum absolute atomic E-state index is 10.9. The van der Waals surface area contributed by atoms with E-state index >= 15 is 0 Å². The van der Waals surface area contributed by atoms with E-state index in [4.69, 9.17) is 14.3 Å². The van der Waals surface area contributed by atoms with Gasteiger partial charge >= 0.3 is 5.97 Å². The van der Waals surface area contributed by atoms with Gasteiger partial charge < -0.3 is 14.3 Å². The molecule has 4 heteroatoms. The van der Waals surface area contributed by atoms with Gasteiger partial charge in [-0.25, -0.2) is 0 Å². The van der Waals surface area contributed by atoms with Gasteiger partial charge in [0.25, 0.3) is 0 Å². The van der Waals surface area contributed by atoms with Crippen LogP contribution in [0.25, 0.3) is 0 Å². The topological polar surface area (TPSA) is 59.7 Å². The Bertz CT molecular complexity index is 355. The van der Waals surface area contributed by atoms with E-state index in [2.05, 4.69) is 0 Å². The average molecular weight is 210 g/mol. The summed E-state index contributed by atoms with van der Waals surface area (Å²) in [5, 5.41) is 8.99. The van der Waals surface area contributed by atoms with E-state index in [1.165, 1.54) is 0 Å². The number of carboxylic acids is 1. The molecule has 1 aliphatic heterocycles. The third-order valence-electron chi connectivity index (χ3n) is 2.72. The van der Waals surface area contributed by atoms with Crippen LogP contribution in [0.15, 0.2) is 16.5 Å². The van der Waals surface area contributed by atoms with E-state index in [9.17, 15) is 4.79 Å². The fourth-order valence-electron chi connectivity index (χ4n) is 1.86. The van der Waals surface area contributed by atoms with Crippen LogP contribution >= 0.6 is 0 Å². The molecule has 4 nitrogen and oxygen atoms in total. The molecule has 0 amide bonds. The molecule has 1 aromatic rings. The van der Waals surface area contributed by atoms with Crippen LogP contribution in [0, 0.1) is 5.92 Å². The van der Waals surface area contributed by atoms with Crippen molar-refractivity contribution in [1.82, 2.24) is 0 Å². The summed E-state index contributed by atoms with van der Waals surface area (Å²) < 4.78 is 10.9. The van der Waals surface area contributed by atoms with Crippen molar-refractivity contribution in [3.63, 3.8) is 0 Å². The van der Waals surface area contributed by atoms with Crippen molar-refractivity contribution in [3.05, 3.63) is 23.7 Å². The van der Waals surface area contributed by atoms with Gasteiger partial charge in [-0.05, 0) is 18.6 Å². The maximum Gasteiger partial charge on any atom is 0.309 e. The van der Waals surface area contributed by atoms with Crippen LogP contribution in [-0.4, -0.2) is 17.7 Å². The summed E-state index contributed by atoms with van der Waals surface area (Å²) in [5.74, 6) is 0.217. The molecule has 2 unspecified atom stereocenters. The molecule has 2 atom stereocenters. The van der Waals surface area contributed by atoms with E-state index < -0.39 is 18.0 Å². The highest BCUT2D eigenvalue weighted by molar-refractivity contribution is 5.71. The second kappa shape index (κ2) is 4.06. The third kappa shape index (κ3) is 1.90. The van der Waals surface area contributed by atoms with Gasteiger partial charge in [-0.3, -0.25) is 4.79 Å². The van der Waals surface area contributed by atoms with Gasteiger partial charge in [0.15, 0.2) is 0 Å². The average Bonchev–Trinajstić information content (AvgIpc) is 2.85. The van der Waals surface area contributed by atoms with Crippen molar-refractivity contribution in [2.24, 2.45) is 5.92 Å². The molecule has 1 aliphatic rings. The lowest BCUT2D eigenvalue weighted by Crippen LogP contribution is -2.17. The van der Waals surface area contributed by atoms with E-state index in [1.807, 2.05) is 19.1 Å². The highest BCUT2D eigenvalue weighted by Crippen LogP contribution is 2.35. The quantitative estimate of drug-likeness (QED) is 0.828. The summed E-state index contributed by atoms with van der Waals surface area (Å²) in [6, 6.07) is 3.68. The summed E-state index contributed by atoms with van der Waals surface area (Å²) >= 11 is 0. The summed E-state index contributed by atoms with van der Waals surface area (Å²) in [4.78, 5) is 10.9. The smallest absolute Gasteiger partial charge is 0.309 e. The number of ether oxygens (including phenoxy) is 1. The van der Waals surface area contributed by atoms with E-state index in [1.54, 1.807) is 0 Å². The molecule has 2 rings (SSSR count). The molecule has 1 aromatic heterocycles. The van der Waals surface area contributed by atoms with Crippen LogP contribution < -0.4 is 0 Å². The minimum absolute atomic E-state index is 0.414. The first-order chi connectivity index (χ1) is 7.22. The lowest BCUT2D eigenvalue weighted by molar-refractivity contribution is -0.144. The summed E-state index contributed by atoms with van der Waals surface area (Å²) in [6.45, 7) is 2.48. The van der Waals surface area contributed by atoms with Gasteiger partial charge in [-0.1, -0.05) is 6.92 Å². The molecule has 0 aliphatic carbocycles. The Hall–Kier alpha value is -1.29. The molecule has 2 heterocycles. The molecule has 1 N–H and O–H groups in total. The number of hydrogen-bond donors (Lipinski definition) is 1. The fourth-order valence-corrected chi connectivity index (χ4v) is 1.86. The first kappa shape index (κ1) is 10.2. The zero-order valence-corrected chi connectivity index (χ0v) is 8.60. The normalized spacial score (nSPS) is 25.7. The van der Waals surface area contributed by atoms with Gasteiger partial charge in [-0.2, -0.15) is 0 Å². The second-order valence-corrected chi connectivity index (χ2v) is 3.68. The van der Waals surface area contributed by atoms with Gasteiger partial charge in [0.05, 0.1) is 5.92 Å². The molecular weight excluding hydrogens is 196 g/mol. The Morgan fingerprint density at radius 1 is 1.60 bits per heavy atom. The van der Waals surface area contributed by atoms with Crippen molar-refractivity contribution in [3.8, 4) is 0 Å². The Balaban J connectivity index is 2.18. The molecule has 82 valence electrons. The van der Waals surface area contributed by atoms with Crippen molar-refractivity contribution in [2.45, 2.75) is 25.9 Å². The highest BCUT2D eigenvalue weighted by atomic mass is 16.5. The second-order valence-electron chi connectivity index (χ2n) is 3.68. The number of rotatable bonds is 3. The largest absolute Gasteiger partial charge is 0.481 e. The van der Waals surface area contributed by atoms with Crippen LogP contribution in [0.1, 0.15) is 31.0 Å². The Morgan fingerprint density at radius 2 is 2.40 bits per heavy atom. The Labute approximate surface area is 87.8 Å². The predicted molar refractivity (Wildman–Crippen MR) is 52.5 cm³/mol. The third-order valence-corrected chi connectivity index (χ3v) is 2.72. The molecule has 15 heavy (non-hydrogen) atoms. The van der Waals surface area contributed by atoms with Crippen molar-refractivity contribution in [1.29, 1.82) is 0 Å². The Morgan fingerprint density at radius 3 is 3.00 bits per heavy atom. The number of aryl methyl sites for hydroxylation is 1. The zero-order chi connectivity index (χ0) is 10.8. The fraction of sp³-hybridized carbons (Fsp3) is 0.545. The van der Waals surface area contributed by atoms with E-state index in [-0.39, 0.29) is 0 Å². The molecule has 0 radical (unpaired) electrons. The van der Waals surface area contributed by atoms with Gasteiger partial charge in [0.2, 0.25) is 0 Å². The molecule has 0 saturated carbocycles. The molecule has 0 aromatic carbocycles. The number of furan rings is 1. The number of carboxylic acid groups (broad SMARTS) is 1. The monoisotopic (exact) mass is 210 g/mol. The summed E-state index contributed by atoms with van der Waals surface area (Å²) in [6.07, 6.45) is 0.954. The van der Waals surface area contributed by atoms with Crippen molar-refractivity contribution in [2.75, 3.05) is 6.61 Å². The first-order valence-corrected chi connectivity index (χ1v) is 5.15. The van der Waals surface area contributed by atoms with Gasteiger partial charge in [0.1, 0.15) is 17.6 Å². The standard InChI is InChI=1S/C11H14O4/c1-2-7-3-4-9(15-7)10-8(11(12)13)5-6-14-10/h3-4,8,10H,2,5-6H2,1H3,(H,12,13). The summed E-state index contributed by atoms with van der Waals surface area (Å²) in [7, 11) is 0. The molecule has 1 fully saturated rings. The zero-order valence-electron chi connectivity index (χ0n) is 8.60. The van der Waals surface area contributed by atoms with Gasteiger partial charge in [0, 0.05) is 13.0 Å². The van der Waals surface area contributed by atoms with Crippen LogP contribution in [-0.2, 0) is 16.0 Å². The molecule has 0 spiro atoms. The van der Waals surface area contributed by atoms with E-state index in [0.717, 1.165) is 12.2 Å². The van der Waals surface area contributed by atoms with E-state index in [0.29, 0.717) is 18.8 Å². The van der Waals surface area contributed by atoms with Crippen molar-refractivity contribution < 1.29 is 19.1 Å². The van der Waals surface area contributed by atoms with Crippen LogP contribution in [0.4, 0.5) is 0 Å². The molecular formula is C11H14O4. The highest BCUT2D eigenvalue weighted by Gasteiger charge is 2.37. The number of aliphatic carboxylic acids is 1. The lowest BCUT2D eigenvalue weighted by atomic mass is 10.0. The molecule has 0 bridgehead atoms. The SMILES string of the molecule is CCc1ccc(C2OCCC2C(=O)O)o1. The lowest BCUT2D eigenvalue weighted by Gasteiger charge is -2.11. The Kier molecular flexibility index (Phi) is 2.77. The number of hydrogen-bond acceptors (Lipinski definition) is 3.